The summed E-state index contributed by atoms with van der Waals surface area (Å²) in [6.45, 7) is 2.09. The van der Waals surface area contributed by atoms with Gasteiger partial charge in [0, 0.05) is 16.7 Å². The minimum Gasteiger partial charge on any atom is -0.463 e. The minimum absolute atomic E-state index is 0.338. The molecule has 2 aromatic rings. The van der Waals surface area contributed by atoms with Crippen molar-refractivity contribution in [3.05, 3.63) is 52.2 Å². The van der Waals surface area contributed by atoms with Crippen LogP contribution in [0.25, 0.3) is 17.4 Å². The third-order valence-corrected chi connectivity index (χ3v) is 3.06. The van der Waals surface area contributed by atoms with Crippen molar-refractivity contribution >= 4 is 35.2 Å². The van der Waals surface area contributed by atoms with Crippen molar-refractivity contribution in [3.63, 3.8) is 0 Å². The molecule has 0 aliphatic carbocycles. The molecule has 0 N–H and O–H groups in total. The summed E-state index contributed by atoms with van der Waals surface area (Å²) in [5, 5.41) is 1.12. The van der Waals surface area contributed by atoms with Crippen LogP contribution in [0.15, 0.2) is 40.8 Å². The van der Waals surface area contributed by atoms with Crippen LogP contribution in [0.2, 0.25) is 10.0 Å². The van der Waals surface area contributed by atoms with E-state index in [9.17, 15) is 4.79 Å². The largest absolute Gasteiger partial charge is 0.463 e. The smallest absolute Gasteiger partial charge is 0.330 e. The van der Waals surface area contributed by atoms with Crippen molar-refractivity contribution in [1.82, 2.24) is 0 Å². The molecule has 0 saturated carbocycles. The summed E-state index contributed by atoms with van der Waals surface area (Å²) >= 11 is 12.0. The van der Waals surface area contributed by atoms with E-state index in [2.05, 4.69) is 0 Å². The zero-order valence-corrected chi connectivity index (χ0v) is 12.2. The highest BCUT2D eigenvalue weighted by Gasteiger charge is 2.08. The van der Waals surface area contributed by atoms with Crippen LogP contribution in [0.3, 0.4) is 0 Å². The van der Waals surface area contributed by atoms with E-state index in [0.717, 1.165) is 0 Å². The molecule has 0 amide bonds. The lowest BCUT2D eigenvalue weighted by Gasteiger charge is -2.01. The van der Waals surface area contributed by atoms with E-state index < -0.39 is 5.97 Å². The van der Waals surface area contributed by atoms with Gasteiger partial charge in [-0.1, -0.05) is 23.2 Å². The Morgan fingerprint density at radius 2 is 2.10 bits per heavy atom. The molecule has 0 bridgehead atoms. The van der Waals surface area contributed by atoms with Crippen molar-refractivity contribution in [2.24, 2.45) is 0 Å². The first kappa shape index (κ1) is 14.7. The fourth-order valence-corrected chi connectivity index (χ4v) is 2.00. The molecule has 0 fully saturated rings. The van der Waals surface area contributed by atoms with E-state index in [0.29, 0.717) is 33.7 Å². The van der Waals surface area contributed by atoms with Crippen LogP contribution in [-0.2, 0) is 9.53 Å². The lowest BCUT2D eigenvalue weighted by molar-refractivity contribution is -0.137. The topological polar surface area (TPSA) is 39.4 Å². The van der Waals surface area contributed by atoms with Crippen LogP contribution in [0, 0.1) is 0 Å². The summed E-state index contributed by atoms with van der Waals surface area (Å²) < 4.78 is 10.4. The van der Waals surface area contributed by atoms with Crippen LogP contribution < -0.4 is 0 Å². The third kappa shape index (κ3) is 3.65. The molecule has 1 aromatic heterocycles. The van der Waals surface area contributed by atoms with E-state index >= 15 is 0 Å². The van der Waals surface area contributed by atoms with Gasteiger partial charge in [-0.2, -0.15) is 0 Å². The van der Waals surface area contributed by atoms with E-state index in [-0.39, 0.29) is 0 Å². The number of esters is 1. The highest BCUT2D eigenvalue weighted by Crippen LogP contribution is 2.31. The highest BCUT2D eigenvalue weighted by molar-refractivity contribution is 6.35. The standard InChI is InChI=1S/C15H12Cl2O3/c1-2-19-15(18)8-5-11-4-7-14(20-11)12-9-10(16)3-6-13(12)17/h3-9H,2H2,1H3. The SMILES string of the molecule is CCOC(=O)C=Cc1ccc(-c2cc(Cl)ccc2Cl)o1. The van der Waals surface area contributed by atoms with Crippen molar-refractivity contribution in [2.75, 3.05) is 6.61 Å². The van der Waals surface area contributed by atoms with Gasteiger partial charge in [-0.3, -0.25) is 0 Å². The quantitative estimate of drug-likeness (QED) is 0.600. The van der Waals surface area contributed by atoms with Crippen molar-refractivity contribution in [2.45, 2.75) is 6.92 Å². The summed E-state index contributed by atoms with van der Waals surface area (Å²) in [5.74, 6) is 0.705. The summed E-state index contributed by atoms with van der Waals surface area (Å²) in [4.78, 5) is 11.2. The van der Waals surface area contributed by atoms with E-state index in [4.69, 9.17) is 32.4 Å². The molecule has 1 heterocycles. The molecule has 0 spiro atoms. The van der Waals surface area contributed by atoms with Gasteiger partial charge in [0.05, 0.1) is 11.6 Å². The van der Waals surface area contributed by atoms with Gasteiger partial charge in [0.25, 0.3) is 0 Å². The maximum atomic E-state index is 11.2. The number of benzene rings is 1. The lowest BCUT2D eigenvalue weighted by Crippen LogP contribution is -1.98. The molecule has 0 aliphatic rings. The first-order valence-electron chi connectivity index (χ1n) is 6.00. The van der Waals surface area contributed by atoms with Gasteiger partial charge in [-0.05, 0) is 43.3 Å². The van der Waals surface area contributed by atoms with E-state index in [1.165, 1.54) is 6.08 Å². The highest BCUT2D eigenvalue weighted by atomic mass is 35.5. The van der Waals surface area contributed by atoms with Gasteiger partial charge < -0.3 is 9.15 Å². The average molecular weight is 311 g/mol. The number of hydrogen-bond donors (Lipinski definition) is 0. The van der Waals surface area contributed by atoms with Crippen LogP contribution in [0.1, 0.15) is 12.7 Å². The average Bonchev–Trinajstić information content (AvgIpc) is 2.88. The Morgan fingerprint density at radius 3 is 2.85 bits per heavy atom. The Balaban J connectivity index is 2.21. The predicted octanol–water partition coefficient (Wildman–Crippen LogP) is 4.83. The summed E-state index contributed by atoms with van der Waals surface area (Å²) in [5.41, 5.74) is 0.704. The zero-order valence-electron chi connectivity index (χ0n) is 10.7. The second-order valence-corrected chi connectivity index (χ2v) is 4.76. The maximum Gasteiger partial charge on any atom is 0.330 e. The number of carbonyl (C=O) groups is 1. The molecule has 5 heteroatoms. The number of carbonyl (C=O) groups excluding carboxylic acids is 1. The Bertz CT molecular complexity index is 644. The van der Waals surface area contributed by atoms with Crippen molar-refractivity contribution in [3.8, 4) is 11.3 Å². The van der Waals surface area contributed by atoms with Gasteiger partial charge in [0.1, 0.15) is 11.5 Å². The summed E-state index contributed by atoms with van der Waals surface area (Å²) in [6.07, 6.45) is 2.85. The van der Waals surface area contributed by atoms with Gasteiger partial charge in [-0.25, -0.2) is 4.79 Å². The molecule has 20 heavy (non-hydrogen) atoms. The normalized spacial score (nSPS) is 10.9. The molecule has 0 atom stereocenters. The second kappa shape index (κ2) is 6.64. The van der Waals surface area contributed by atoms with E-state index in [1.807, 2.05) is 0 Å². The Labute approximate surface area is 126 Å². The summed E-state index contributed by atoms with van der Waals surface area (Å²) in [7, 11) is 0. The Kier molecular flexibility index (Phi) is 4.88. The number of ether oxygens (including phenoxy) is 1. The molecule has 0 radical (unpaired) electrons. The van der Waals surface area contributed by atoms with Crippen LogP contribution in [0.5, 0.6) is 0 Å². The van der Waals surface area contributed by atoms with Crippen LogP contribution in [-0.4, -0.2) is 12.6 Å². The monoisotopic (exact) mass is 310 g/mol. The Hall–Kier alpha value is -1.71. The first-order chi connectivity index (χ1) is 9.60. The van der Waals surface area contributed by atoms with Gasteiger partial charge >= 0.3 is 5.97 Å². The van der Waals surface area contributed by atoms with E-state index in [1.54, 1.807) is 43.3 Å². The molecule has 3 nitrogen and oxygen atoms in total. The molecule has 104 valence electrons. The van der Waals surface area contributed by atoms with Gasteiger partial charge in [0.15, 0.2) is 0 Å². The van der Waals surface area contributed by atoms with Gasteiger partial charge in [-0.15, -0.1) is 0 Å². The second-order valence-electron chi connectivity index (χ2n) is 3.91. The fourth-order valence-electron chi connectivity index (χ4n) is 1.61. The lowest BCUT2D eigenvalue weighted by atomic mass is 10.2. The molecular weight excluding hydrogens is 299 g/mol. The zero-order chi connectivity index (χ0) is 14.5. The third-order valence-electron chi connectivity index (χ3n) is 2.49. The number of rotatable bonds is 4. The predicted molar refractivity (Wildman–Crippen MR) is 79.8 cm³/mol. The summed E-state index contributed by atoms with van der Waals surface area (Å²) in [6, 6.07) is 8.64. The number of hydrogen-bond acceptors (Lipinski definition) is 3. The Morgan fingerprint density at radius 1 is 1.30 bits per heavy atom. The molecular formula is C15H12Cl2O3. The molecule has 0 saturated heterocycles. The van der Waals surface area contributed by atoms with Crippen molar-refractivity contribution in [1.29, 1.82) is 0 Å². The molecule has 0 unspecified atom stereocenters. The fraction of sp³-hybridized carbons (Fsp3) is 0.133. The van der Waals surface area contributed by atoms with Crippen LogP contribution in [0.4, 0.5) is 0 Å². The number of halogens is 2. The first-order valence-corrected chi connectivity index (χ1v) is 6.76. The maximum absolute atomic E-state index is 11.2. The molecule has 1 aromatic carbocycles. The van der Waals surface area contributed by atoms with Crippen molar-refractivity contribution < 1.29 is 13.9 Å². The van der Waals surface area contributed by atoms with Crippen LogP contribution >= 0.6 is 23.2 Å². The molecule has 2 rings (SSSR count). The van der Waals surface area contributed by atoms with Gasteiger partial charge in [0.2, 0.25) is 0 Å². The number of furan rings is 1. The molecule has 0 aliphatic heterocycles. The minimum atomic E-state index is -0.411.